The van der Waals surface area contributed by atoms with Gasteiger partial charge in [0.05, 0.1) is 12.4 Å². The first-order valence-corrected chi connectivity index (χ1v) is 14.5. The van der Waals surface area contributed by atoms with E-state index in [0.717, 1.165) is 37.8 Å². The van der Waals surface area contributed by atoms with Crippen LogP contribution < -0.4 is 10.2 Å². The molecule has 0 aromatic carbocycles. The Bertz CT molecular complexity index is 1130. The number of nitrogens with one attached hydrogen (secondary N) is 2. The Morgan fingerprint density at radius 1 is 1.25 bits per heavy atom. The van der Waals surface area contributed by atoms with E-state index in [0.29, 0.717) is 31.2 Å². The fraction of sp³-hybridized carbons (Fsp3) is 0.708. The fourth-order valence-corrected chi connectivity index (χ4v) is 6.82. The molecule has 2 saturated heterocycles. The molecule has 0 amide bonds. The van der Waals surface area contributed by atoms with E-state index >= 15 is 4.39 Å². The first-order chi connectivity index (χ1) is 17.2. The minimum Gasteiger partial charge on any atom is -0.375 e. The summed E-state index contributed by atoms with van der Waals surface area (Å²) in [6, 6.07) is 1.75. The number of nitrogens with zero attached hydrogens (tertiary/aromatic N) is 5. The third-order valence-electron chi connectivity index (χ3n) is 7.17. The van der Waals surface area contributed by atoms with Crippen LogP contribution in [-0.2, 0) is 21.4 Å². The Balaban J connectivity index is 1.60. The molecule has 36 heavy (non-hydrogen) atoms. The maximum atomic E-state index is 15.4. The number of unbranched alkanes of at least 4 members (excludes halogenated alkanes) is 1. The molecule has 2 bridgehead atoms. The third kappa shape index (κ3) is 5.81. The lowest BCUT2D eigenvalue weighted by molar-refractivity contribution is 0.108. The molecule has 3 atom stereocenters. The molecule has 2 fully saturated rings. The Hall–Kier alpha value is -2.31. The second-order valence-electron chi connectivity index (χ2n) is 9.81. The van der Waals surface area contributed by atoms with Crippen LogP contribution in [0.3, 0.4) is 0 Å². The molecule has 2 aliphatic heterocycles. The van der Waals surface area contributed by atoms with Crippen LogP contribution in [0.1, 0.15) is 70.2 Å². The molecule has 0 spiro atoms. The third-order valence-corrected chi connectivity index (χ3v) is 9.14. The highest BCUT2D eigenvalue weighted by atomic mass is 32.2. The number of halogens is 1. The minimum atomic E-state index is -3.26. The monoisotopic (exact) mass is 523 g/mol. The van der Waals surface area contributed by atoms with E-state index in [-0.39, 0.29) is 42.0 Å². The summed E-state index contributed by atoms with van der Waals surface area (Å²) in [6.45, 7) is 6.21. The van der Waals surface area contributed by atoms with Crippen LogP contribution in [-0.4, -0.2) is 70.4 Å². The van der Waals surface area contributed by atoms with Crippen molar-refractivity contribution in [1.82, 2.24) is 24.5 Å². The lowest BCUT2D eigenvalue weighted by Gasteiger charge is -2.49. The summed E-state index contributed by atoms with van der Waals surface area (Å²) in [4.78, 5) is 11.0. The average molecular weight is 524 g/mol. The normalized spacial score (nSPS) is 22.5. The van der Waals surface area contributed by atoms with Crippen LogP contribution in [0, 0.1) is 12.7 Å². The molecule has 200 valence electrons. The van der Waals surface area contributed by atoms with Crippen LogP contribution in [0.4, 0.5) is 22.0 Å². The lowest BCUT2D eigenvalue weighted by Crippen LogP contribution is -2.58. The van der Waals surface area contributed by atoms with Gasteiger partial charge in [0.15, 0.2) is 17.5 Å². The fourth-order valence-electron chi connectivity index (χ4n) is 5.23. The highest BCUT2D eigenvalue weighted by molar-refractivity contribution is 7.89. The van der Waals surface area contributed by atoms with Crippen molar-refractivity contribution in [2.24, 2.45) is 0 Å². The van der Waals surface area contributed by atoms with Gasteiger partial charge in [-0.1, -0.05) is 19.8 Å². The number of anilines is 3. The number of hydrogen-bond donors (Lipinski definition) is 2. The highest BCUT2D eigenvalue weighted by Gasteiger charge is 2.45. The first kappa shape index (κ1) is 26.7. The van der Waals surface area contributed by atoms with Crippen molar-refractivity contribution < 1.29 is 17.5 Å². The summed E-state index contributed by atoms with van der Waals surface area (Å²) in [5.41, 5.74) is 1.02. The molecule has 10 nitrogen and oxygen atoms in total. The van der Waals surface area contributed by atoms with Crippen molar-refractivity contribution in [2.75, 3.05) is 29.6 Å². The lowest BCUT2D eigenvalue weighted by atomic mass is 9.83. The van der Waals surface area contributed by atoms with Gasteiger partial charge in [0.25, 0.3) is 0 Å². The summed E-state index contributed by atoms with van der Waals surface area (Å²) in [5, 5.41) is 9.95. The standard InChI is InChI=1S/C24H38FN7O3S/c1-5-7-11-35-15-20-22(25)23(27-21-12-16(3)29-30-21)28-24(26-20)31(4)19-13-17-9-8-10-18(14-19)32(17)36(33,34)6-2/h12,17-19H,5-11,13-15H2,1-4H3,(H2,26,27,28,29,30)/t17-,18+,19-. The molecule has 0 radical (unpaired) electrons. The van der Waals surface area contributed by atoms with Gasteiger partial charge in [-0.25, -0.2) is 17.8 Å². The van der Waals surface area contributed by atoms with Crippen LogP contribution >= 0.6 is 0 Å². The van der Waals surface area contributed by atoms with E-state index in [2.05, 4.69) is 32.4 Å². The number of ether oxygens (including phenoxy) is 1. The first-order valence-electron chi connectivity index (χ1n) is 12.9. The van der Waals surface area contributed by atoms with E-state index in [4.69, 9.17) is 4.74 Å². The maximum Gasteiger partial charge on any atom is 0.227 e. The van der Waals surface area contributed by atoms with Crippen LogP contribution in [0.15, 0.2) is 6.07 Å². The molecular formula is C24H38FN7O3S. The SMILES string of the molecule is CCCCOCc1nc(N(C)[C@@H]2C[C@H]3CCC[C@@H](C2)N3S(=O)(=O)CC)nc(Nc2cc(C)[nH]n2)c1F. The number of rotatable bonds is 11. The number of fused-ring (bicyclic) bond motifs is 2. The van der Waals surface area contributed by atoms with Crippen LogP contribution in [0.25, 0.3) is 0 Å². The Kier molecular flexibility index (Phi) is 8.46. The molecule has 2 aliphatic rings. The summed E-state index contributed by atoms with van der Waals surface area (Å²) >= 11 is 0. The Labute approximate surface area is 213 Å². The number of sulfonamides is 1. The van der Waals surface area contributed by atoms with Gasteiger partial charge in [0, 0.05) is 43.5 Å². The predicted molar refractivity (Wildman–Crippen MR) is 137 cm³/mol. The van der Waals surface area contributed by atoms with Gasteiger partial charge in [-0.3, -0.25) is 5.10 Å². The molecule has 2 aromatic heterocycles. The Morgan fingerprint density at radius 2 is 1.97 bits per heavy atom. The molecule has 0 saturated carbocycles. The van der Waals surface area contributed by atoms with Crippen molar-refractivity contribution in [3.8, 4) is 0 Å². The maximum absolute atomic E-state index is 15.4. The molecule has 0 unspecified atom stereocenters. The number of aromatic nitrogens is 4. The van der Waals surface area contributed by atoms with Gasteiger partial charge >= 0.3 is 0 Å². The summed E-state index contributed by atoms with van der Waals surface area (Å²) in [7, 11) is -1.36. The second kappa shape index (κ2) is 11.4. The zero-order valence-corrected chi connectivity index (χ0v) is 22.4. The van der Waals surface area contributed by atoms with E-state index in [1.807, 2.05) is 18.9 Å². The summed E-state index contributed by atoms with van der Waals surface area (Å²) in [6.07, 6.45) is 6.00. The summed E-state index contributed by atoms with van der Waals surface area (Å²) < 4.78 is 48.4. The van der Waals surface area contributed by atoms with E-state index in [1.165, 1.54) is 0 Å². The van der Waals surface area contributed by atoms with E-state index in [1.54, 1.807) is 17.3 Å². The molecule has 4 rings (SSSR count). The number of H-pyrrole nitrogens is 1. The molecule has 12 heteroatoms. The number of piperidine rings is 2. The Morgan fingerprint density at radius 3 is 2.58 bits per heavy atom. The second-order valence-corrected chi connectivity index (χ2v) is 12.0. The van der Waals surface area contributed by atoms with Crippen LogP contribution in [0.5, 0.6) is 0 Å². The van der Waals surface area contributed by atoms with Crippen molar-refractivity contribution >= 4 is 27.6 Å². The molecular weight excluding hydrogens is 485 g/mol. The summed E-state index contributed by atoms with van der Waals surface area (Å²) in [5.74, 6) is 0.438. The molecule has 2 N–H and O–H groups in total. The number of aryl methyl sites for hydroxylation is 1. The molecule has 4 heterocycles. The zero-order chi connectivity index (χ0) is 25.9. The van der Waals surface area contributed by atoms with Gasteiger partial charge in [0.1, 0.15) is 5.69 Å². The quantitative estimate of drug-likeness (QED) is 0.426. The van der Waals surface area contributed by atoms with Crippen molar-refractivity contribution in [3.05, 3.63) is 23.3 Å². The number of hydrogen-bond acceptors (Lipinski definition) is 8. The van der Waals surface area contributed by atoms with Gasteiger partial charge in [-0.05, 0) is 46.0 Å². The van der Waals surface area contributed by atoms with Gasteiger partial charge in [-0.15, -0.1) is 0 Å². The highest BCUT2D eigenvalue weighted by Crippen LogP contribution is 2.38. The van der Waals surface area contributed by atoms with E-state index < -0.39 is 15.8 Å². The molecule has 0 aliphatic carbocycles. The van der Waals surface area contributed by atoms with E-state index in [9.17, 15) is 8.42 Å². The molecule has 2 aromatic rings. The zero-order valence-electron chi connectivity index (χ0n) is 21.6. The van der Waals surface area contributed by atoms with Gasteiger partial charge in [-0.2, -0.15) is 14.4 Å². The van der Waals surface area contributed by atoms with Crippen molar-refractivity contribution in [1.29, 1.82) is 0 Å². The van der Waals surface area contributed by atoms with Crippen molar-refractivity contribution in [3.63, 3.8) is 0 Å². The minimum absolute atomic E-state index is 0.0307. The van der Waals surface area contributed by atoms with Crippen molar-refractivity contribution in [2.45, 2.75) is 90.4 Å². The van der Waals surface area contributed by atoms with Gasteiger partial charge in [0.2, 0.25) is 16.0 Å². The average Bonchev–Trinajstić information content (AvgIpc) is 3.26. The smallest absolute Gasteiger partial charge is 0.227 e. The topological polar surface area (TPSA) is 116 Å². The van der Waals surface area contributed by atoms with Crippen LogP contribution in [0.2, 0.25) is 0 Å². The van der Waals surface area contributed by atoms with Gasteiger partial charge < -0.3 is 15.0 Å². The number of aromatic amines is 1. The predicted octanol–water partition coefficient (Wildman–Crippen LogP) is 3.88. The largest absolute Gasteiger partial charge is 0.375 e.